The van der Waals surface area contributed by atoms with E-state index in [2.05, 4.69) is 21.1 Å². The molecule has 0 saturated carbocycles. The molecule has 0 aromatic heterocycles. The van der Waals surface area contributed by atoms with E-state index >= 15 is 0 Å². The van der Waals surface area contributed by atoms with E-state index in [1.165, 1.54) is 6.21 Å². The molecule has 0 aliphatic carbocycles. The topological polar surface area (TPSA) is 47.9 Å². The number of rotatable bonds is 6. The molecule has 0 radical (unpaired) electrons. The van der Waals surface area contributed by atoms with Crippen molar-refractivity contribution in [3.8, 4) is 5.75 Å². The average molecular weight is 380 g/mol. The van der Waals surface area contributed by atoms with Crippen LogP contribution in [-0.4, -0.2) is 25.0 Å². The van der Waals surface area contributed by atoms with Crippen LogP contribution in [0.3, 0.4) is 0 Å². The van der Waals surface area contributed by atoms with Gasteiger partial charge in [0, 0.05) is 9.37 Å². The van der Waals surface area contributed by atoms with Crippen LogP contribution in [0.15, 0.2) is 63.1 Å². The summed E-state index contributed by atoms with van der Waals surface area (Å²) in [6.45, 7) is -0.190. The molecule has 0 N–H and O–H groups in total. The van der Waals surface area contributed by atoms with E-state index in [1.807, 2.05) is 42.7 Å². The van der Waals surface area contributed by atoms with E-state index in [9.17, 15) is 4.79 Å². The lowest BCUT2D eigenvalue weighted by molar-refractivity contribution is -0.145. The molecular formula is C16H14BrNO3S. The maximum absolute atomic E-state index is 11.5. The van der Waals surface area contributed by atoms with E-state index < -0.39 is 5.97 Å². The fourth-order valence-electron chi connectivity index (χ4n) is 1.54. The van der Waals surface area contributed by atoms with Crippen LogP contribution >= 0.6 is 27.7 Å². The standard InChI is InChI=1S/C16H14BrNO3S/c1-22-15-8-2-12(3-9-15)10-18-21-16(19)11-20-14-6-4-13(17)5-7-14/h2-10H,11H2,1H3. The van der Waals surface area contributed by atoms with Crippen molar-refractivity contribution in [2.24, 2.45) is 5.16 Å². The van der Waals surface area contributed by atoms with E-state index in [0.717, 1.165) is 14.9 Å². The van der Waals surface area contributed by atoms with E-state index in [4.69, 9.17) is 9.57 Å². The fraction of sp³-hybridized carbons (Fsp3) is 0.125. The highest BCUT2D eigenvalue weighted by atomic mass is 79.9. The molecule has 0 amide bonds. The Morgan fingerprint density at radius 1 is 1.18 bits per heavy atom. The molecule has 2 aromatic rings. The van der Waals surface area contributed by atoms with Gasteiger partial charge in [-0.15, -0.1) is 11.8 Å². The largest absolute Gasteiger partial charge is 0.482 e. The van der Waals surface area contributed by atoms with Gasteiger partial charge in [0.15, 0.2) is 6.61 Å². The monoisotopic (exact) mass is 379 g/mol. The number of benzene rings is 2. The number of halogens is 1. The Balaban J connectivity index is 1.76. The Hall–Kier alpha value is -1.79. The lowest BCUT2D eigenvalue weighted by atomic mass is 10.2. The third-order valence-electron chi connectivity index (χ3n) is 2.64. The molecule has 0 atom stereocenters. The predicted molar refractivity (Wildman–Crippen MR) is 91.5 cm³/mol. The fourth-order valence-corrected chi connectivity index (χ4v) is 2.21. The maximum atomic E-state index is 11.5. The van der Waals surface area contributed by atoms with Crippen molar-refractivity contribution in [2.45, 2.75) is 4.90 Å². The molecular weight excluding hydrogens is 366 g/mol. The lowest BCUT2D eigenvalue weighted by Crippen LogP contribution is -2.12. The number of thioether (sulfide) groups is 1. The SMILES string of the molecule is CSc1ccc(C=NOC(=O)COc2ccc(Br)cc2)cc1. The molecule has 114 valence electrons. The van der Waals surface area contributed by atoms with Crippen molar-refractivity contribution in [1.29, 1.82) is 0 Å². The molecule has 0 spiro atoms. The molecule has 0 saturated heterocycles. The number of hydrogen-bond acceptors (Lipinski definition) is 5. The van der Waals surface area contributed by atoms with Gasteiger partial charge in [-0.05, 0) is 48.2 Å². The smallest absolute Gasteiger partial charge is 0.372 e. The second-order valence-corrected chi connectivity index (χ2v) is 6.01. The first-order valence-electron chi connectivity index (χ1n) is 6.43. The lowest BCUT2D eigenvalue weighted by Gasteiger charge is -2.03. The molecule has 2 aromatic carbocycles. The summed E-state index contributed by atoms with van der Waals surface area (Å²) in [5, 5.41) is 3.65. The summed E-state index contributed by atoms with van der Waals surface area (Å²) in [6, 6.07) is 14.9. The minimum Gasteiger partial charge on any atom is -0.482 e. The number of carbonyl (C=O) groups is 1. The van der Waals surface area contributed by atoms with Gasteiger partial charge >= 0.3 is 5.97 Å². The predicted octanol–water partition coefficient (Wildman–Crippen LogP) is 4.13. The van der Waals surface area contributed by atoms with Gasteiger partial charge in [-0.1, -0.05) is 33.2 Å². The molecule has 0 heterocycles. The first-order valence-corrected chi connectivity index (χ1v) is 8.45. The minimum absolute atomic E-state index is 0.190. The molecule has 0 bridgehead atoms. The van der Waals surface area contributed by atoms with Crippen molar-refractivity contribution in [1.82, 2.24) is 0 Å². The first kappa shape index (κ1) is 16.6. The van der Waals surface area contributed by atoms with Gasteiger partial charge in [0.1, 0.15) is 5.75 Å². The van der Waals surface area contributed by atoms with Gasteiger partial charge in [0.25, 0.3) is 0 Å². The Morgan fingerprint density at radius 2 is 1.86 bits per heavy atom. The summed E-state index contributed by atoms with van der Waals surface area (Å²) < 4.78 is 6.23. The number of carbonyl (C=O) groups excluding carboxylic acids is 1. The summed E-state index contributed by atoms with van der Waals surface area (Å²) in [5.41, 5.74) is 0.861. The van der Waals surface area contributed by atoms with Crippen LogP contribution in [0.1, 0.15) is 5.56 Å². The Labute approximate surface area is 141 Å². The van der Waals surface area contributed by atoms with Crippen molar-refractivity contribution in [3.05, 3.63) is 58.6 Å². The van der Waals surface area contributed by atoms with Crippen molar-refractivity contribution >= 4 is 39.9 Å². The van der Waals surface area contributed by atoms with Gasteiger partial charge in [0.05, 0.1) is 6.21 Å². The van der Waals surface area contributed by atoms with Crippen molar-refractivity contribution < 1.29 is 14.4 Å². The van der Waals surface area contributed by atoms with Crippen LogP contribution in [0.4, 0.5) is 0 Å². The van der Waals surface area contributed by atoms with Gasteiger partial charge < -0.3 is 9.57 Å². The molecule has 6 heteroatoms. The minimum atomic E-state index is -0.556. The zero-order valence-electron chi connectivity index (χ0n) is 11.9. The summed E-state index contributed by atoms with van der Waals surface area (Å²) in [7, 11) is 0. The van der Waals surface area contributed by atoms with Gasteiger partial charge in [-0.25, -0.2) is 4.79 Å². The zero-order valence-corrected chi connectivity index (χ0v) is 14.3. The Kier molecular flexibility index (Phi) is 6.48. The first-order chi connectivity index (χ1) is 10.7. The second-order valence-electron chi connectivity index (χ2n) is 4.21. The zero-order chi connectivity index (χ0) is 15.8. The summed E-state index contributed by atoms with van der Waals surface area (Å²) in [5.74, 6) is 0.0386. The van der Waals surface area contributed by atoms with Gasteiger partial charge in [-0.3, -0.25) is 0 Å². The number of oxime groups is 1. The van der Waals surface area contributed by atoms with Crippen LogP contribution in [0, 0.1) is 0 Å². The number of hydrogen-bond donors (Lipinski definition) is 0. The third-order valence-corrected chi connectivity index (χ3v) is 3.91. The molecule has 2 rings (SSSR count). The van der Waals surface area contributed by atoms with E-state index in [-0.39, 0.29) is 6.61 Å². The molecule has 22 heavy (non-hydrogen) atoms. The molecule has 4 nitrogen and oxygen atoms in total. The summed E-state index contributed by atoms with van der Waals surface area (Å²) >= 11 is 4.99. The highest BCUT2D eigenvalue weighted by molar-refractivity contribution is 9.10. The molecule has 0 unspecified atom stereocenters. The normalized spacial score (nSPS) is 10.6. The van der Waals surface area contributed by atoms with E-state index in [0.29, 0.717) is 5.75 Å². The number of nitrogens with zero attached hydrogens (tertiary/aromatic N) is 1. The molecule has 0 aliphatic heterocycles. The van der Waals surface area contributed by atoms with Crippen LogP contribution in [-0.2, 0) is 9.63 Å². The maximum Gasteiger partial charge on any atom is 0.372 e. The molecule has 0 fully saturated rings. The van der Waals surface area contributed by atoms with Gasteiger partial charge in [0.2, 0.25) is 0 Å². The Bertz CT molecular complexity index is 641. The molecule has 0 aliphatic rings. The number of ether oxygens (including phenoxy) is 1. The van der Waals surface area contributed by atoms with Crippen molar-refractivity contribution in [3.63, 3.8) is 0 Å². The third kappa shape index (κ3) is 5.54. The van der Waals surface area contributed by atoms with Gasteiger partial charge in [-0.2, -0.15) is 0 Å². The summed E-state index contributed by atoms with van der Waals surface area (Å²) in [6.07, 6.45) is 3.50. The highest BCUT2D eigenvalue weighted by Crippen LogP contribution is 2.16. The second kappa shape index (κ2) is 8.60. The van der Waals surface area contributed by atoms with Crippen molar-refractivity contribution in [2.75, 3.05) is 12.9 Å². The van der Waals surface area contributed by atoms with Crippen LogP contribution in [0.5, 0.6) is 5.75 Å². The van der Waals surface area contributed by atoms with Crippen LogP contribution in [0.25, 0.3) is 0 Å². The highest BCUT2D eigenvalue weighted by Gasteiger charge is 2.03. The average Bonchev–Trinajstić information content (AvgIpc) is 2.55. The van der Waals surface area contributed by atoms with E-state index in [1.54, 1.807) is 23.9 Å². The quantitative estimate of drug-likeness (QED) is 0.327. The Morgan fingerprint density at radius 3 is 2.50 bits per heavy atom. The summed E-state index contributed by atoms with van der Waals surface area (Å²) in [4.78, 5) is 17.4. The van der Waals surface area contributed by atoms with Crippen LogP contribution < -0.4 is 4.74 Å². The van der Waals surface area contributed by atoms with Crippen LogP contribution in [0.2, 0.25) is 0 Å².